The van der Waals surface area contributed by atoms with Crippen molar-refractivity contribution in [3.63, 3.8) is 0 Å². The second-order valence-electron chi connectivity index (χ2n) is 6.87. The van der Waals surface area contributed by atoms with Gasteiger partial charge < -0.3 is 16.0 Å². The van der Waals surface area contributed by atoms with Crippen LogP contribution in [0.1, 0.15) is 16.3 Å². The number of nitrogens with zero attached hydrogens (tertiary/aromatic N) is 5. The van der Waals surface area contributed by atoms with E-state index in [1.54, 1.807) is 29.8 Å². The highest BCUT2D eigenvalue weighted by Crippen LogP contribution is 2.31. The van der Waals surface area contributed by atoms with E-state index in [4.69, 9.17) is 16.5 Å². The van der Waals surface area contributed by atoms with Crippen molar-refractivity contribution in [2.24, 2.45) is 7.05 Å². The summed E-state index contributed by atoms with van der Waals surface area (Å²) in [6.07, 6.45) is 4.11. The van der Waals surface area contributed by atoms with E-state index in [9.17, 15) is 4.79 Å². The number of nitrogens with two attached hydrogens (primary N) is 2. The molecule has 10 heteroatoms. The van der Waals surface area contributed by atoms with Gasteiger partial charge >= 0.3 is 0 Å². The highest BCUT2D eigenvalue weighted by atomic mass is 32.1. The van der Waals surface area contributed by atoms with Crippen LogP contribution < -0.4 is 17.0 Å². The minimum atomic E-state index is -0.188. The van der Waals surface area contributed by atoms with Crippen LogP contribution >= 0.6 is 11.3 Å². The maximum atomic E-state index is 13.1. The van der Waals surface area contributed by atoms with Gasteiger partial charge in [0.05, 0.1) is 28.8 Å². The van der Waals surface area contributed by atoms with Crippen LogP contribution in [0.4, 0.5) is 11.4 Å². The number of aryl methyl sites for hydroxylation is 1. The lowest BCUT2D eigenvalue weighted by Gasteiger charge is -2.09. The summed E-state index contributed by atoms with van der Waals surface area (Å²) in [6.45, 7) is 0.253. The maximum absolute atomic E-state index is 13.1. The van der Waals surface area contributed by atoms with Crippen LogP contribution in [0.3, 0.4) is 0 Å². The van der Waals surface area contributed by atoms with Gasteiger partial charge in [-0.05, 0) is 17.7 Å². The van der Waals surface area contributed by atoms with E-state index in [0.29, 0.717) is 23.3 Å². The Bertz CT molecular complexity index is 1410. The SMILES string of the molecule is Cn1c2nc(Cc3ccn[nH]3)sc2c2cnn(Cc3cccc(N)c3N)c(=O)c21. The monoisotopic (exact) mass is 406 g/mol. The van der Waals surface area contributed by atoms with Crippen molar-refractivity contribution in [1.82, 2.24) is 29.5 Å². The molecule has 5 N–H and O–H groups in total. The van der Waals surface area contributed by atoms with E-state index in [1.165, 1.54) is 4.68 Å². The molecule has 146 valence electrons. The molecular formula is C19H18N8OS. The molecule has 5 aromatic rings. The first-order valence-electron chi connectivity index (χ1n) is 8.98. The molecule has 4 heterocycles. The van der Waals surface area contributed by atoms with E-state index in [-0.39, 0.29) is 12.1 Å². The molecular weight excluding hydrogens is 388 g/mol. The third kappa shape index (κ3) is 2.76. The van der Waals surface area contributed by atoms with Gasteiger partial charge in [0.1, 0.15) is 10.5 Å². The van der Waals surface area contributed by atoms with Crippen molar-refractivity contribution in [3.8, 4) is 0 Å². The zero-order chi connectivity index (χ0) is 20.1. The second-order valence-corrected chi connectivity index (χ2v) is 7.95. The smallest absolute Gasteiger partial charge is 0.291 e. The minimum absolute atomic E-state index is 0.188. The molecule has 0 saturated carbocycles. The Balaban J connectivity index is 1.59. The highest BCUT2D eigenvalue weighted by Gasteiger charge is 2.19. The normalized spacial score (nSPS) is 11.6. The molecule has 0 unspecified atom stereocenters. The van der Waals surface area contributed by atoms with Gasteiger partial charge in [0, 0.05) is 30.7 Å². The lowest BCUT2D eigenvalue weighted by atomic mass is 10.1. The topological polar surface area (TPSA) is 133 Å². The molecule has 0 saturated heterocycles. The van der Waals surface area contributed by atoms with Gasteiger partial charge in [-0.15, -0.1) is 11.3 Å². The largest absolute Gasteiger partial charge is 0.397 e. The van der Waals surface area contributed by atoms with Crippen LogP contribution in [-0.2, 0) is 20.0 Å². The quantitative estimate of drug-likeness (QED) is 0.390. The summed E-state index contributed by atoms with van der Waals surface area (Å²) < 4.78 is 4.20. The Hall–Kier alpha value is -3.66. The number of aromatic amines is 1. The van der Waals surface area contributed by atoms with E-state index < -0.39 is 0 Å². The molecule has 0 amide bonds. The number of fused-ring (bicyclic) bond motifs is 3. The van der Waals surface area contributed by atoms with Crippen molar-refractivity contribution >= 4 is 44.0 Å². The van der Waals surface area contributed by atoms with Crippen LogP contribution in [0.15, 0.2) is 41.5 Å². The van der Waals surface area contributed by atoms with Crippen LogP contribution in [-0.4, -0.2) is 29.5 Å². The number of nitrogen functional groups attached to an aromatic ring is 2. The molecule has 0 fully saturated rings. The molecule has 0 aliphatic carbocycles. The molecule has 29 heavy (non-hydrogen) atoms. The van der Waals surface area contributed by atoms with Crippen LogP contribution in [0.5, 0.6) is 0 Å². The highest BCUT2D eigenvalue weighted by molar-refractivity contribution is 7.19. The number of thiazole rings is 1. The van der Waals surface area contributed by atoms with E-state index in [1.807, 2.05) is 29.8 Å². The van der Waals surface area contributed by atoms with Gasteiger partial charge in [0.2, 0.25) is 0 Å². The lowest BCUT2D eigenvalue weighted by molar-refractivity contribution is 0.645. The maximum Gasteiger partial charge on any atom is 0.291 e. The van der Waals surface area contributed by atoms with E-state index in [2.05, 4.69) is 15.3 Å². The first kappa shape index (κ1) is 17.4. The molecule has 0 aliphatic heterocycles. The van der Waals surface area contributed by atoms with Crippen molar-refractivity contribution in [3.05, 3.63) is 63.3 Å². The van der Waals surface area contributed by atoms with Gasteiger partial charge in [0.15, 0.2) is 5.65 Å². The van der Waals surface area contributed by atoms with Gasteiger partial charge in [0.25, 0.3) is 5.56 Å². The third-order valence-corrected chi connectivity index (χ3v) is 6.10. The zero-order valence-corrected chi connectivity index (χ0v) is 16.4. The van der Waals surface area contributed by atoms with E-state index in [0.717, 1.165) is 32.0 Å². The fourth-order valence-electron chi connectivity index (χ4n) is 3.50. The van der Waals surface area contributed by atoms with Gasteiger partial charge in [-0.25, -0.2) is 9.67 Å². The number of benzene rings is 1. The van der Waals surface area contributed by atoms with E-state index >= 15 is 0 Å². The number of hydrogen-bond acceptors (Lipinski definition) is 7. The molecule has 0 aliphatic rings. The predicted octanol–water partition coefficient (Wildman–Crippen LogP) is 1.87. The Kier molecular flexibility index (Phi) is 3.88. The number of anilines is 2. The summed E-state index contributed by atoms with van der Waals surface area (Å²) in [5.74, 6) is 0. The van der Waals surface area contributed by atoms with Gasteiger partial charge in [-0.3, -0.25) is 9.89 Å². The Labute approximate surface area is 168 Å². The van der Waals surface area contributed by atoms with Gasteiger partial charge in [-0.1, -0.05) is 12.1 Å². The third-order valence-electron chi connectivity index (χ3n) is 5.02. The van der Waals surface area contributed by atoms with Crippen LogP contribution in [0, 0.1) is 0 Å². The Morgan fingerprint density at radius 2 is 2.10 bits per heavy atom. The molecule has 0 radical (unpaired) electrons. The summed E-state index contributed by atoms with van der Waals surface area (Å²) in [4.78, 5) is 17.9. The van der Waals surface area contributed by atoms with Crippen LogP contribution in [0.2, 0.25) is 0 Å². The van der Waals surface area contributed by atoms with Crippen molar-refractivity contribution in [2.45, 2.75) is 13.0 Å². The van der Waals surface area contributed by atoms with Gasteiger partial charge in [-0.2, -0.15) is 10.2 Å². The standard InChI is InChI=1S/C19H18N8OS/c1-26-16-12(17-18(26)24-14(29-17)7-11-5-6-22-25-11)8-23-27(19(16)28)9-10-3-2-4-13(20)15(10)21/h2-6,8H,7,9,20-21H2,1H3,(H,22,25). The number of hydrogen-bond donors (Lipinski definition) is 3. The molecule has 5 rings (SSSR count). The summed E-state index contributed by atoms with van der Waals surface area (Å²) >= 11 is 1.56. The average molecular weight is 406 g/mol. The fourth-order valence-corrected chi connectivity index (χ4v) is 4.63. The molecule has 9 nitrogen and oxygen atoms in total. The number of rotatable bonds is 4. The Morgan fingerprint density at radius 3 is 2.90 bits per heavy atom. The summed E-state index contributed by atoms with van der Waals surface area (Å²) in [5, 5.41) is 13.1. The second kappa shape index (κ2) is 6.45. The average Bonchev–Trinajstić information content (AvgIpc) is 3.41. The number of aromatic nitrogens is 6. The number of H-pyrrole nitrogens is 1. The summed E-state index contributed by atoms with van der Waals surface area (Å²) in [6, 6.07) is 7.31. The number of para-hydroxylation sites is 1. The molecule has 0 spiro atoms. The fraction of sp³-hybridized carbons (Fsp3) is 0.158. The zero-order valence-electron chi connectivity index (χ0n) is 15.6. The number of nitrogens with one attached hydrogen (secondary N) is 1. The lowest BCUT2D eigenvalue weighted by Crippen LogP contribution is -2.25. The van der Waals surface area contributed by atoms with Crippen molar-refractivity contribution < 1.29 is 0 Å². The predicted molar refractivity (Wildman–Crippen MR) is 114 cm³/mol. The first-order chi connectivity index (χ1) is 14.0. The van der Waals surface area contributed by atoms with Crippen LogP contribution in [0.25, 0.3) is 21.3 Å². The van der Waals surface area contributed by atoms with Crippen molar-refractivity contribution in [2.75, 3.05) is 11.5 Å². The summed E-state index contributed by atoms with van der Waals surface area (Å²) in [5.41, 5.74) is 15.8. The molecule has 1 aromatic carbocycles. The molecule has 0 atom stereocenters. The molecule has 0 bridgehead atoms. The van der Waals surface area contributed by atoms with Crippen molar-refractivity contribution in [1.29, 1.82) is 0 Å². The first-order valence-corrected chi connectivity index (χ1v) is 9.79. The molecule has 4 aromatic heterocycles. The summed E-state index contributed by atoms with van der Waals surface area (Å²) in [7, 11) is 1.85. The Morgan fingerprint density at radius 1 is 1.24 bits per heavy atom. The minimum Gasteiger partial charge on any atom is -0.397 e.